The molecule has 0 saturated heterocycles. The van der Waals surface area contributed by atoms with Crippen LogP contribution in [0.3, 0.4) is 0 Å². The van der Waals surface area contributed by atoms with Crippen LogP contribution in [0.15, 0.2) is 27.4 Å². The van der Waals surface area contributed by atoms with Gasteiger partial charge >= 0.3 is 5.69 Å². The van der Waals surface area contributed by atoms with Gasteiger partial charge in [-0.2, -0.15) is 0 Å². The molecule has 1 rings (SSSR count). The van der Waals surface area contributed by atoms with Crippen LogP contribution in [0.5, 0.6) is 0 Å². The molecule has 58 valence electrons. The van der Waals surface area contributed by atoms with Crippen molar-refractivity contribution >= 4 is 17.8 Å². The smallest absolute Gasteiger partial charge is 0.275 e. The zero-order valence-corrected chi connectivity index (χ0v) is 6.21. The lowest BCUT2D eigenvalue weighted by Crippen LogP contribution is -2.25. The van der Waals surface area contributed by atoms with Crippen molar-refractivity contribution in [1.82, 2.24) is 9.55 Å². The number of nitrogens with zero attached hydrogens (tertiary/aromatic N) is 1. The summed E-state index contributed by atoms with van der Waals surface area (Å²) in [7, 11) is 0. The molecule has 4 nitrogen and oxygen atoms in total. The first-order valence-corrected chi connectivity index (χ1v) is 3.26. The molecule has 1 heterocycles. The SMILES string of the molecule is O=c1ccn(/C=C/Cl)c(=O)[nH]1. The average Bonchev–Trinajstić information content (AvgIpc) is 1.95. The molecule has 1 aromatic heterocycles. The Morgan fingerprint density at radius 3 is 2.82 bits per heavy atom. The minimum Gasteiger partial charge on any atom is -0.275 e. The van der Waals surface area contributed by atoms with Gasteiger partial charge in [0.25, 0.3) is 5.56 Å². The molecule has 0 saturated carbocycles. The monoisotopic (exact) mass is 172 g/mol. The number of rotatable bonds is 1. The molecule has 11 heavy (non-hydrogen) atoms. The van der Waals surface area contributed by atoms with Crippen molar-refractivity contribution in [3.05, 3.63) is 38.6 Å². The number of halogens is 1. The van der Waals surface area contributed by atoms with Crippen molar-refractivity contribution in [3.8, 4) is 0 Å². The lowest BCUT2D eigenvalue weighted by molar-refractivity contribution is 0.939. The summed E-state index contributed by atoms with van der Waals surface area (Å²) in [5.74, 6) is 0. The van der Waals surface area contributed by atoms with Crippen LogP contribution in [0.25, 0.3) is 6.20 Å². The third-order valence-electron chi connectivity index (χ3n) is 1.07. The van der Waals surface area contributed by atoms with Gasteiger partial charge in [0.05, 0.1) is 0 Å². The molecule has 0 spiro atoms. The second-order valence-corrected chi connectivity index (χ2v) is 2.04. The Morgan fingerprint density at radius 2 is 2.27 bits per heavy atom. The number of hydrogen-bond donors (Lipinski definition) is 1. The van der Waals surface area contributed by atoms with E-state index in [0.717, 1.165) is 4.57 Å². The van der Waals surface area contributed by atoms with Crippen molar-refractivity contribution in [2.45, 2.75) is 0 Å². The van der Waals surface area contributed by atoms with Crippen LogP contribution in [0.2, 0.25) is 0 Å². The van der Waals surface area contributed by atoms with E-state index in [1.165, 1.54) is 24.0 Å². The van der Waals surface area contributed by atoms with Gasteiger partial charge in [0, 0.05) is 24.0 Å². The highest BCUT2D eigenvalue weighted by atomic mass is 35.5. The lowest BCUT2D eigenvalue weighted by atomic mass is 10.6. The molecule has 5 heteroatoms. The molecule has 0 unspecified atom stereocenters. The van der Waals surface area contributed by atoms with Crippen LogP contribution in [0.4, 0.5) is 0 Å². The first-order valence-electron chi connectivity index (χ1n) is 2.82. The normalized spacial score (nSPS) is 10.6. The van der Waals surface area contributed by atoms with Gasteiger partial charge in [0.15, 0.2) is 0 Å². The summed E-state index contributed by atoms with van der Waals surface area (Å²) in [5.41, 5.74) is 0.253. The van der Waals surface area contributed by atoms with Crippen molar-refractivity contribution in [3.63, 3.8) is 0 Å². The van der Waals surface area contributed by atoms with E-state index in [1.807, 2.05) is 0 Å². The van der Waals surface area contributed by atoms with Gasteiger partial charge in [-0.1, -0.05) is 11.6 Å². The van der Waals surface area contributed by atoms with Gasteiger partial charge in [-0.05, 0) is 0 Å². The number of nitrogens with one attached hydrogen (secondary N) is 1. The fourth-order valence-corrected chi connectivity index (χ4v) is 0.727. The molecule has 0 aliphatic rings. The highest BCUT2D eigenvalue weighted by Crippen LogP contribution is 1.81. The predicted molar refractivity (Wildman–Crippen MR) is 42.5 cm³/mol. The summed E-state index contributed by atoms with van der Waals surface area (Å²) in [4.78, 5) is 23.4. The Bertz CT molecular complexity index is 377. The highest BCUT2D eigenvalue weighted by molar-refractivity contribution is 6.26. The third-order valence-corrected chi connectivity index (χ3v) is 1.18. The summed E-state index contributed by atoms with van der Waals surface area (Å²) in [6, 6.07) is 1.23. The number of H-pyrrole nitrogens is 1. The second-order valence-electron chi connectivity index (χ2n) is 1.79. The average molecular weight is 173 g/mol. The summed E-state index contributed by atoms with van der Waals surface area (Å²) < 4.78 is 1.16. The van der Waals surface area contributed by atoms with Gasteiger partial charge in [-0.15, -0.1) is 0 Å². The molecule has 0 bridgehead atoms. The van der Waals surface area contributed by atoms with Crippen molar-refractivity contribution in [2.75, 3.05) is 0 Å². The predicted octanol–water partition coefficient (Wildman–Crippen LogP) is 0.204. The van der Waals surface area contributed by atoms with Crippen LogP contribution >= 0.6 is 11.6 Å². The largest absolute Gasteiger partial charge is 0.332 e. The molecule has 0 fully saturated rings. The summed E-state index contributed by atoms with van der Waals surface area (Å²) in [6.45, 7) is 0. The Hall–Kier alpha value is -1.29. The number of aromatic nitrogens is 2. The zero-order chi connectivity index (χ0) is 8.27. The van der Waals surface area contributed by atoms with Crippen LogP contribution < -0.4 is 11.2 Å². The van der Waals surface area contributed by atoms with E-state index < -0.39 is 11.2 Å². The summed E-state index contributed by atoms with van der Waals surface area (Å²) in [6.07, 6.45) is 2.67. The van der Waals surface area contributed by atoms with Crippen LogP contribution in [-0.2, 0) is 0 Å². The molecule has 0 radical (unpaired) electrons. The van der Waals surface area contributed by atoms with E-state index in [0.29, 0.717) is 0 Å². The van der Waals surface area contributed by atoms with Gasteiger partial charge in [-0.25, -0.2) is 4.79 Å². The van der Waals surface area contributed by atoms with Gasteiger partial charge < -0.3 is 0 Å². The van der Waals surface area contributed by atoms with E-state index in [4.69, 9.17) is 11.6 Å². The second kappa shape index (κ2) is 3.21. The van der Waals surface area contributed by atoms with E-state index in [1.54, 1.807) is 0 Å². The molecular weight excluding hydrogens is 168 g/mol. The molecule has 1 aromatic rings. The fraction of sp³-hybridized carbons (Fsp3) is 0. The van der Waals surface area contributed by atoms with Crippen molar-refractivity contribution in [2.24, 2.45) is 0 Å². The third kappa shape index (κ3) is 1.81. The van der Waals surface area contributed by atoms with E-state index >= 15 is 0 Å². The van der Waals surface area contributed by atoms with Crippen LogP contribution in [0.1, 0.15) is 0 Å². The standard InChI is InChI=1S/C6H5ClN2O2/c7-2-4-9-3-1-5(10)8-6(9)11/h1-4H,(H,8,10,11)/b4-2+. The summed E-state index contributed by atoms with van der Waals surface area (Å²) >= 11 is 5.22. The molecular formula is C6H5ClN2O2. The Balaban J connectivity index is 3.31. The first-order chi connectivity index (χ1) is 5.24. The molecule has 1 N–H and O–H groups in total. The van der Waals surface area contributed by atoms with E-state index in [2.05, 4.69) is 4.98 Å². The Kier molecular flexibility index (Phi) is 2.28. The number of hydrogen-bond acceptors (Lipinski definition) is 2. The van der Waals surface area contributed by atoms with Crippen molar-refractivity contribution < 1.29 is 0 Å². The minimum atomic E-state index is -0.505. The van der Waals surface area contributed by atoms with Gasteiger partial charge in [0.1, 0.15) is 0 Å². The first kappa shape index (κ1) is 7.81. The maximum atomic E-state index is 10.8. The van der Waals surface area contributed by atoms with Gasteiger partial charge in [0.2, 0.25) is 0 Å². The van der Waals surface area contributed by atoms with Gasteiger partial charge in [-0.3, -0.25) is 14.3 Å². The summed E-state index contributed by atoms with van der Waals surface area (Å²) in [5, 5.41) is 0. The molecule has 0 aliphatic heterocycles. The zero-order valence-electron chi connectivity index (χ0n) is 5.45. The van der Waals surface area contributed by atoms with E-state index in [-0.39, 0.29) is 0 Å². The highest BCUT2D eigenvalue weighted by Gasteiger charge is 1.88. The molecule has 0 amide bonds. The number of aromatic amines is 1. The van der Waals surface area contributed by atoms with E-state index in [9.17, 15) is 9.59 Å². The van der Waals surface area contributed by atoms with Crippen molar-refractivity contribution in [1.29, 1.82) is 0 Å². The topological polar surface area (TPSA) is 54.9 Å². The quantitative estimate of drug-likeness (QED) is 0.658. The maximum absolute atomic E-state index is 10.8. The maximum Gasteiger partial charge on any atom is 0.332 e. The van der Waals surface area contributed by atoms with Crippen LogP contribution in [-0.4, -0.2) is 9.55 Å². The molecule has 0 aliphatic carbocycles. The van der Waals surface area contributed by atoms with Crippen LogP contribution in [0, 0.1) is 0 Å². The fourth-order valence-electron chi connectivity index (χ4n) is 0.605. The Labute approximate surface area is 66.7 Å². The molecule has 0 aromatic carbocycles. The molecule has 0 atom stereocenters. The lowest BCUT2D eigenvalue weighted by Gasteiger charge is -1.92. The Morgan fingerprint density at radius 1 is 1.55 bits per heavy atom. The minimum absolute atomic E-state index is 0.422.